The number of benzene rings is 1. The number of para-hydroxylation sites is 1. The molecule has 1 atom stereocenters. The van der Waals surface area contributed by atoms with Gasteiger partial charge in [0.05, 0.1) is 6.26 Å². The molecule has 98 valence electrons. The summed E-state index contributed by atoms with van der Waals surface area (Å²) >= 11 is 0. The van der Waals surface area contributed by atoms with Gasteiger partial charge in [-0.15, -0.1) is 0 Å². The van der Waals surface area contributed by atoms with E-state index in [2.05, 4.69) is 4.72 Å². The number of nitrogens with one attached hydrogen (secondary N) is 1. The van der Waals surface area contributed by atoms with Gasteiger partial charge in [-0.3, -0.25) is 0 Å². The van der Waals surface area contributed by atoms with Crippen LogP contribution < -0.4 is 4.72 Å². The molecule has 0 bridgehead atoms. The summed E-state index contributed by atoms with van der Waals surface area (Å²) in [5.41, 5.74) is -0.727. The molecule has 1 heterocycles. The predicted octanol–water partition coefficient (Wildman–Crippen LogP) is 1.19. The van der Waals surface area contributed by atoms with Crippen molar-refractivity contribution >= 4 is 21.0 Å². The van der Waals surface area contributed by atoms with E-state index in [1.54, 1.807) is 12.1 Å². The van der Waals surface area contributed by atoms with Crippen molar-refractivity contribution in [3.05, 3.63) is 36.1 Å². The highest BCUT2D eigenvalue weighted by atomic mass is 32.2. The molecule has 0 spiro atoms. The molecule has 5 nitrogen and oxygen atoms in total. The van der Waals surface area contributed by atoms with E-state index < -0.39 is 15.6 Å². The first kappa shape index (κ1) is 13.1. The van der Waals surface area contributed by atoms with Crippen LogP contribution >= 0.6 is 0 Å². The number of hydrogen-bond acceptors (Lipinski definition) is 4. The summed E-state index contributed by atoms with van der Waals surface area (Å²) in [7, 11) is -3.35. The van der Waals surface area contributed by atoms with Gasteiger partial charge in [-0.05, 0) is 19.1 Å². The van der Waals surface area contributed by atoms with Gasteiger partial charge < -0.3 is 9.52 Å². The number of rotatable bonds is 4. The van der Waals surface area contributed by atoms with E-state index in [-0.39, 0.29) is 6.54 Å². The zero-order chi connectivity index (χ0) is 13.4. The van der Waals surface area contributed by atoms with Crippen molar-refractivity contribution in [2.45, 2.75) is 12.5 Å². The van der Waals surface area contributed by atoms with E-state index in [9.17, 15) is 13.5 Å². The average molecular weight is 269 g/mol. The van der Waals surface area contributed by atoms with Gasteiger partial charge in [0.25, 0.3) is 0 Å². The minimum Gasteiger partial charge on any atom is -0.458 e. The SMILES string of the molecule is C[C@](O)(CNS(C)(=O)=O)c1cc2ccccc2o1. The Kier molecular flexibility index (Phi) is 3.18. The quantitative estimate of drug-likeness (QED) is 0.873. The topological polar surface area (TPSA) is 79.5 Å². The Balaban J connectivity index is 2.28. The van der Waals surface area contributed by atoms with E-state index in [4.69, 9.17) is 4.42 Å². The van der Waals surface area contributed by atoms with E-state index in [1.165, 1.54) is 6.92 Å². The number of fused-ring (bicyclic) bond motifs is 1. The number of furan rings is 1. The van der Waals surface area contributed by atoms with E-state index in [0.29, 0.717) is 11.3 Å². The van der Waals surface area contributed by atoms with Crippen LogP contribution in [0.15, 0.2) is 34.7 Å². The highest BCUT2D eigenvalue weighted by Gasteiger charge is 2.28. The third-order valence-electron chi connectivity index (χ3n) is 2.63. The van der Waals surface area contributed by atoms with Crippen LogP contribution in [0.3, 0.4) is 0 Å². The van der Waals surface area contributed by atoms with Crippen molar-refractivity contribution in [3.8, 4) is 0 Å². The fourth-order valence-electron chi connectivity index (χ4n) is 1.61. The lowest BCUT2D eigenvalue weighted by molar-refractivity contribution is 0.0412. The van der Waals surface area contributed by atoms with Crippen LogP contribution in [0.25, 0.3) is 11.0 Å². The van der Waals surface area contributed by atoms with Crippen molar-refractivity contribution in [1.82, 2.24) is 4.72 Å². The van der Waals surface area contributed by atoms with E-state index in [1.807, 2.05) is 18.2 Å². The van der Waals surface area contributed by atoms with Crippen LogP contribution in [-0.4, -0.2) is 26.3 Å². The smallest absolute Gasteiger partial charge is 0.208 e. The molecular formula is C12H15NO4S. The van der Waals surface area contributed by atoms with Gasteiger partial charge in [-0.2, -0.15) is 0 Å². The highest BCUT2D eigenvalue weighted by molar-refractivity contribution is 7.88. The molecule has 6 heteroatoms. The first-order valence-corrected chi connectivity index (χ1v) is 7.33. The Bertz CT molecular complexity index is 625. The molecule has 1 aromatic carbocycles. The molecule has 0 saturated heterocycles. The van der Waals surface area contributed by atoms with Crippen molar-refractivity contribution in [2.75, 3.05) is 12.8 Å². The van der Waals surface area contributed by atoms with Crippen molar-refractivity contribution < 1.29 is 17.9 Å². The largest absolute Gasteiger partial charge is 0.458 e. The summed E-state index contributed by atoms with van der Waals surface area (Å²) in [6.45, 7) is 1.37. The number of aliphatic hydroxyl groups is 1. The third kappa shape index (κ3) is 2.90. The fraction of sp³-hybridized carbons (Fsp3) is 0.333. The minimum atomic E-state index is -3.35. The summed E-state index contributed by atoms with van der Waals surface area (Å²) in [4.78, 5) is 0. The summed E-state index contributed by atoms with van der Waals surface area (Å²) in [6.07, 6.45) is 1.04. The zero-order valence-electron chi connectivity index (χ0n) is 10.2. The van der Waals surface area contributed by atoms with Crippen LogP contribution in [0.2, 0.25) is 0 Å². The van der Waals surface area contributed by atoms with Gasteiger partial charge in [0.2, 0.25) is 10.0 Å². The predicted molar refractivity (Wildman–Crippen MR) is 68.6 cm³/mol. The van der Waals surface area contributed by atoms with Gasteiger partial charge >= 0.3 is 0 Å². The monoisotopic (exact) mass is 269 g/mol. The molecule has 2 N–H and O–H groups in total. The maximum atomic E-state index is 11.0. The first-order valence-electron chi connectivity index (χ1n) is 5.44. The number of hydrogen-bond donors (Lipinski definition) is 2. The molecular weight excluding hydrogens is 254 g/mol. The normalized spacial score (nSPS) is 15.7. The zero-order valence-corrected chi connectivity index (χ0v) is 11.0. The van der Waals surface area contributed by atoms with Crippen LogP contribution in [-0.2, 0) is 15.6 Å². The summed E-state index contributed by atoms with van der Waals surface area (Å²) in [5, 5.41) is 11.1. The standard InChI is InChI=1S/C12H15NO4S/c1-12(14,8-13-18(2,15)16)11-7-9-5-3-4-6-10(9)17-11/h3-7,13-14H,8H2,1-2H3/t12-/m0/s1. The Morgan fingerprint density at radius 1 is 1.39 bits per heavy atom. The lowest BCUT2D eigenvalue weighted by atomic mass is 10.0. The Morgan fingerprint density at radius 2 is 2.06 bits per heavy atom. The molecule has 0 amide bonds. The number of sulfonamides is 1. The van der Waals surface area contributed by atoms with E-state index >= 15 is 0 Å². The van der Waals surface area contributed by atoms with E-state index in [0.717, 1.165) is 11.6 Å². The molecule has 0 saturated carbocycles. The maximum absolute atomic E-state index is 11.0. The molecule has 1 aromatic heterocycles. The molecule has 2 aromatic rings. The second kappa shape index (κ2) is 4.38. The second-order valence-electron chi connectivity index (χ2n) is 4.52. The van der Waals surface area contributed by atoms with Crippen molar-refractivity contribution in [2.24, 2.45) is 0 Å². The highest BCUT2D eigenvalue weighted by Crippen LogP contribution is 2.27. The van der Waals surface area contributed by atoms with Crippen molar-refractivity contribution in [1.29, 1.82) is 0 Å². The molecule has 0 fully saturated rings. The molecule has 2 rings (SSSR count). The third-order valence-corrected chi connectivity index (χ3v) is 3.30. The van der Waals surface area contributed by atoms with Gasteiger partial charge in [0.1, 0.15) is 16.9 Å². The van der Waals surface area contributed by atoms with Crippen LogP contribution in [0, 0.1) is 0 Å². The first-order chi connectivity index (χ1) is 8.28. The lowest BCUT2D eigenvalue weighted by Gasteiger charge is -2.20. The average Bonchev–Trinajstić information content (AvgIpc) is 2.70. The van der Waals surface area contributed by atoms with Gasteiger partial charge in [-0.25, -0.2) is 13.1 Å². The molecule has 18 heavy (non-hydrogen) atoms. The van der Waals surface area contributed by atoms with Gasteiger partial charge in [0, 0.05) is 11.9 Å². The molecule has 0 unspecified atom stereocenters. The van der Waals surface area contributed by atoms with Crippen LogP contribution in [0.5, 0.6) is 0 Å². The summed E-state index contributed by atoms with van der Waals surface area (Å²) in [6, 6.07) is 9.06. The van der Waals surface area contributed by atoms with Gasteiger partial charge in [0.15, 0.2) is 0 Å². The molecule has 0 aliphatic heterocycles. The minimum absolute atomic E-state index is 0.133. The summed E-state index contributed by atoms with van der Waals surface area (Å²) in [5.74, 6) is 0.333. The lowest BCUT2D eigenvalue weighted by Crippen LogP contribution is -2.37. The second-order valence-corrected chi connectivity index (χ2v) is 6.35. The Morgan fingerprint density at radius 3 is 2.67 bits per heavy atom. The van der Waals surface area contributed by atoms with Gasteiger partial charge in [-0.1, -0.05) is 18.2 Å². The Labute approximate surface area is 105 Å². The maximum Gasteiger partial charge on any atom is 0.208 e. The fourth-order valence-corrected chi connectivity index (χ4v) is 2.15. The van der Waals surface area contributed by atoms with Crippen LogP contribution in [0.4, 0.5) is 0 Å². The van der Waals surface area contributed by atoms with Crippen molar-refractivity contribution in [3.63, 3.8) is 0 Å². The Hall–Kier alpha value is -1.37. The molecule has 0 aliphatic rings. The summed E-state index contributed by atoms with van der Waals surface area (Å²) < 4.78 is 29.8. The molecule has 0 aliphatic carbocycles. The van der Waals surface area contributed by atoms with Crippen LogP contribution in [0.1, 0.15) is 12.7 Å². The molecule has 0 radical (unpaired) electrons.